The van der Waals surface area contributed by atoms with Gasteiger partial charge in [-0.2, -0.15) is 0 Å². The predicted molar refractivity (Wildman–Crippen MR) is 118 cm³/mol. The van der Waals surface area contributed by atoms with Crippen molar-refractivity contribution in [2.45, 2.75) is 25.6 Å². The second-order valence-electron chi connectivity index (χ2n) is 8.03. The first kappa shape index (κ1) is 24.6. The summed E-state index contributed by atoms with van der Waals surface area (Å²) < 4.78 is 74.8. The Morgan fingerprint density at radius 3 is 2.51 bits per heavy atom. The number of carbonyl (C=O) groups excluding carboxylic acids is 1. The third kappa shape index (κ3) is 4.46. The molecule has 4 rings (SSSR count). The molecule has 1 aliphatic rings. The fraction of sp³-hybridized carbons (Fsp3) is 0.304. The third-order valence-corrected chi connectivity index (χ3v) is 5.93. The summed E-state index contributed by atoms with van der Waals surface area (Å²) in [5, 5.41) is 2.45. The van der Waals surface area contributed by atoms with Crippen LogP contribution >= 0.6 is 0 Å². The Bertz CT molecular complexity index is 1360. The molecule has 0 bridgehead atoms. The first-order valence-electron chi connectivity index (χ1n) is 10.6. The summed E-state index contributed by atoms with van der Waals surface area (Å²) >= 11 is 0. The van der Waals surface area contributed by atoms with Gasteiger partial charge in [0.1, 0.15) is 5.82 Å². The van der Waals surface area contributed by atoms with E-state index in [0.717, 1.165) is 30.3 Å². The zero-order valence-corrected chi connectivity index (χ0v) is 18.5. The zero-order valence-electron chi connectivity index (χ0n) is 18.5. The number of nitrogens with two attached hydrogens (primary N) is 1. The van der Waals surface area contributed by atoms with Crippen molar-refractivity contribution in [2.24, 2.45) is 5.73 Å². The molecule has 0 unspecified atom stereocenters. The molecule has 35 heavy (non-hydrogen) atoms. The first-order valence-corrected chi connectivity index (χ1v) is 10.6. The fourth-order valence-corrected chi connectivity index (χ4v) is 4.21. The van der Waals surface area contributed by atoms with E-state index in [2.05, 4.69) is 5.32 Å². The van der Waals surface area contributed by atoms with Crippen LogP contribution in [0.4, 0.5) is 32.4 Å². The summed E-state index contributed by atoms with van der Waals surface area (Å²) in [5.74, 6) is -3.48. The average molecular weight is 496 g/mol. The number of fused-ring (bicyclic) bond motifs is 3. The van der Waals surface area contributed by atoms with Crippen LogP contribution in [-0.4, -0.2) is 35.7 Å². The molecular formula is C23H21F5N4O3. The quantitative estimate of drug-likeness (QED) is 0.522. The van der Waals surface area contributed by atoms with Crippen molar-refractivity contribution in [3.8, 4) is 0 Å². The molecule has 0 saturated heterocycles. The summed E-state index contributed by atoms with van der Waals surface area (Å²) in [4.78, 5) is 27.2. The summed E-state index contributed by atoms with van der Waals surface area (Å²) in [6.07, 6.45) is -3.08. The van der Waals surface area contributed by atoms with Gasteiger partial charge >= 0.3 is 6.03 Å². The van der Waals surface area contributed by atoms with E-state index < -0.39 is 47.1 Å². The van der Waals surface area contributed by atoms with E-state index in [9.17, 15) is 31.5 Å². The number of hydrogen-bond acceptors (Lipinski definition) is 4. The van der Waals surface area contributed by atoms with Crippen LogP contribution < -0.4 is 16.6 Å². The fourth-order valence-electron chi connectivity index (χ4n) is 4.21. The molecule has 3 N–H and O–H groups in total. The molecule has 0 spiro atoms. The van der Waals surface area contributed by atoms with E-state index in [4.69, 9.17) is 10.5 Å². The Balaban J connectivity index is 1.78. The number of pyridine rings is 1. The van der Waals surface area contributed by atoms with Gasteiger partial charge in [-0.25, -0.2) is 26.7 Å². The summed E-state index contributed by atoms with van der Waals surface area (Å²) in [5.41, 5.74) is 4.86. The van der Waals surface area contributed by atoms with Gasteiger partial charge in [-0.15, -0.1) is 0 Å². The smallest absolute Gasteiger partial charge is 0.322 e. The molecule has 1 aliphatic heterocycles. The number of likely N-dealkylation sites (N-methyl/N-ethyl adjacent to an activating group) is 1. The molecule has 2 amide bonds. The van der Waals surface area contributed by atoms with E-state index in [1.165, 1.54) is 16.5 Å². The van der Waals surface area contributed by atoms with Crippen LogP contribution in [0.3, 0.4) is 0 Å². The number of benzene rings is 2. The summed E-state index contributed by atoms with van der Waals surface area (Å²) in [6, 6.07) is 2.85. The van der Waals surface area contributed by atoms with Crippen molar-refractivity contribution in [3.63, 3.8) is 0 Å². The molecule has 1 atom stereocenters. The molecule has 0 aliphatic carbocycles. The van der Waals surface area contributed by atoms with E-state index in [1.54, 1.807) is 0 Å². The summed E-state index contributed by atoms with van der Waals surface area (Å²) in [7, 11) is 1.39. The van der Waals surface area contributed by atoms with Crippen molar-refractivity contribution in [1.82, 2.24) is 9.47 Å². The van der Waals surface area contributed by atoms with Gasteiger partial charge in [-0.3, -0.25) is 4.79 Å². The van der Waals surface area contributed by atoms with E-state index in [1.807, 2.05) is 0 Å². The SMILES string of the molecule is CN(C(=O)Nc1ccc(F)c(C(F)F)c1)[C@H]1COCc2c1c1cc(F)c(F)cc1c(=O)n2CCN. The lowest BCUT2D eigenvalue weighted by atomic mass is 9.95. The minimum absolute atomic E-state index is 0.0266. The second kappa shape index (κ2) is 9.62. The Hall–Kier alpha value is -3.51. The Morgan fingerprint density at radius 2 is 1.86 bits per heavy atom. The molecule has 1 aromatic heterocycles. The van der Waals surface area contributed by atoms with Crippen LogP contribution in [0.5, 0.6) is 0 Å². The lowest BCUT2D eigenvalue weighted by Crippen LogP contribution is -2.41. The van der Waals surface area contributed by atoms with Gasteiger partial charge in [0.2, 0.25) is 0 Å². The maximum Gasteiger partial charge on any atom is 0.322 e. The number of hydrogen-bond donors (Lipinski definition) is 2. The van der Waals surface area contributed by atoms with Gasteiger partial charge in [0.05, 0.1) is 35.9 Å². The summed E-state index contributed by atoms with van der Waals surface area (Å²) in [6.45, 7) is 0.0896. The molecule has 186 valence electrons. The highest BCUT2D eigenvalue weighted by atomic mass is 19.3. The van der Waals surface area contributed by atoms with E-state index >= 15 is 0 Å². The molecule has 7 nitrogen and oxygen atoms in total. The standard InChI is InChI=1S/C23H21F5N4O3/c1-31(23(34)30-11-2-3-15(24)14(6-11)21(27)28)18-9-35-10-19-20(18)12-7-16(25)17(26)8-13(12)22(33)32(19)5-4-29/h2-3,6-8,18,21H,4-5,9-10,29H2,1H3,(H,30,34)/t18-/m0/s1. The molecule has 12 heteroatoms. The number of amides is 2. The molecule has 2 heterocycles. The van der Waals surface area contributed by atoms with Crippen molar-refractivity contribution < 1.29 is 31.5 Å². The predicted octanol–water partition coefficient (Wildman–Crippen LogP) is 4.05. The number of ether oxygens (including phenoxy) is 1. The minimum atomic E-state index is -3.08. The Morgan fingerprint density at radius 1 is 1.17 bits per heavy atom. The number of urea groups is 1. The molecule has 0 radical (unpaired) electrons. The van der Waals surface area contributed by atoms with E-state index in [0.29, 0.717) is 11.3 Å². The number of anilines is 1. The topological polar surface area (TPSA) is 89.6 Å². The number of carbonyl (C=O) groups is 1. The van der Waals surface area contributed by atoms with Crippen LogP contribution in [0.1, 0.15) is 29.3 Å². The number of aromatic nitrogens is 1. The van der Waals surface area contributed by atoms with Crippen molar-refractivity contribution >= 4 is 22.5 Å². The maximum atomic E-state index is 14.2. The number of nitrogens with one attached hydrogen (secondary N) is 1. The van der Waals surface area contributed by atoms with Gasteiger partial charge in [0.15, 0.2) is 11.6 Å². The molecule has 3 aromatic rings. The highest BCUT2D eigenvalue weighted by molar-refractivity contribution is 5.91. The van der Waals surface area contributed by atoms with Crippen LogP contribution in [-0.2, 0) is 17.9 Å². The highest BCUT2D eigenvalue weighted by Crippen LogP contribution is 2.35. The van der Waals surface area contributed by atoms with Crippen LogP contribution in [0.25, 0.3) is 10.8 Å². The lowest BCUT2D eigenvalue weighted by Gasteiger charge is -2.35. The molecule has 0 fully saturated rings. The van der Waals surface area contributed by atoms with Crippen LogP contribution in [0.15, 0.2) is 35.1 Å². The van der Waals surface area contributed by atoms with Crippen molar-refractivity contribution in [2.75, 3.05) is 25.5 Å². The third-order valence-electron chi connectivity index (χ3n) is 5.93. The highest BCUT2D eigenvalue weighted by Gasteiger charge is 2.33. The second-order valence-corrected chi connectivity index (χ2v) is 8.03. The largest absolute Gasteiger partial charge is 0.373 e. The minimum Gasteiger partial charge on any atom is -0.373 e. The van der Waals surface area contributed by atoms with Gasteiger partial charge in [-0.1, -0.05) is 0 Å². The number of rotatable bonds is 5. The first-order chi connectivity index (χ1) is 16.6. The number of halogens is 5. The maximum absolute atomic E-state index is 14.2. The lowest BCUT2D eigenvalue weighted by molar-refractivity contribution is 0.0500. The monoisotopic (exact) mass is 496 g/mol. The average Bonchev–Trinajstić information content (AvgIpc) is 2.83. The van der Waals surface area contributed by atoms with Gasteiger partial charge in [0.25, 0.3) is 12.0 Å². The van der Waals surface area contributed by atoms with Crippen LogP contribution in [0, 0.1) is 17.5 Å². The molecule has 0 saturated carbocycles. The van der Waals surface area contributed by atoms with E-state index in [-0.39, 0.29) is 42.8 Å². The Labute approximate surface area is 195 Å². The number of alkyl halides is 2. The molecular weight excluding hydrogens is 475 g/mol. The van der Waals surface area contributed by atoms with Gasteiger partial charge < -0.3 is 25.3 Å². The molecule has 2 aromatic carbocycles. The van der Waals surface area contributed by atoms with Gasteiger partial charge in [-0.05, 0) is 35.7 Å². The van der Waals surface area contributed by atoms with Crippen molar-refractivity contribution in [1.29, 1.82) is 0 Å². The Kier molecular flexibility index (Phi) is 6.77. The normalized spacial score (nSPS) is 15.4. The van der Waals surface area contributed by atoms with Crippen molar-refractivity contribution in [3.05, 3.63) is 75.0 Å². The van der Waals surface area contributed by atoms with Gasteiger partial charge in [0, 0.05) is 31.4 Å². The zero-order chi connectivity index (χ0) is 25.4. The van der Waals surface area contributed by atoms with Crippen LogP contribution in [0.2, 0.25) is 0 Å². The number of nitrogens with zero attached hydrogens (tertiary/aromatic N) is 2.